The fourth-order valence-electron chi connectivity index (χ4n) is 2.97. The van der Waals surface area contributed by atoms with Crippen LogP contribution in [0.5, 0.6) is 5.75 Å². The van der Waals surface area contributed by atoms with E-state index in [0.717, 1.165) is 26.0 Å². The molecule has 1 aromatic carbocycles. The van der Waals surface area contributed by atoms with Crippen LogP contribution in [0.2, 0.25) is 0 Å². The first-order chi connectivity index (χ1) is 9.35. The summed E-state index contributed by atoms with van der Waals surface area (Å²) in [6, 6.07) is 7.28. The van der Waals surface area contributed by atoms with Crippen molar-refractivity contribution in [3.63, 3.8) is 0 Å². The first-order valence-corrected chi connectivity index (χ1v) is 7.82. The monoisotopic (exact) mass is 261 g/mol. The second kappa shape index (κ2) is 7.54. The third-order valence-electron chi connectivity index (χ3n) is 3.91. The van der Waals surface area contributed by atoms with E-state index >= 15 is 0 Å². The highest BCUT2D eigenvalue weighted by Gasteiger charge is 2.15. The highest BCUT2D eigenvalue weighted by molar-refractivity contribution is 5.42. The number of aryl methyl sites for hydroxylation is 2. The Kier molecular flexibility index (Phi) is 5.71. The molecule has 0 spiro atoms. The van der Waals surface area contributed by atoms with Gasteiger partial charge in [0.05, 0.1) is 6.61 Å². The molecular formula is C17H27NO. The van der Waals surface area contributed by atoms with E-state index in [2.05, 4.69) is 37.4 Å². The summed E-state index contributed by atoms with van der Waals surface area (Å²) in [5.41, 5.74) is 2.80. The van der Waals surface area contributed by atoms with Gasteiger partial charge in [-0.25, -0.2) is 0 Å². The van der Waals surface area contributed by atoms with Gasteiger partial charge in [0.15, 0.2) is 0 Å². The van der Waals surface area contributed by atoms with E-state index in [0.29, 0.717) is 6.04 Å². The highest BCUT2D eigenvalue weighted by Crippen LogP contribution is 2.30. The average Bonchev–Trinajstić information content (AvgIpc) is 2.45. The molecule has 2 rings (SSSR count). The number of hydrogen-bond acceptors (Lipinski definition) is 2. The van der Waals surface area contributed by atoms with E-state index in [1.807, 2.05) is 0 Å². The van der Waals surface area contributed by atoms with Crippen LogP contribution in [0.3, 0.4) is 0 Å². The number of nitrogens with one attached hydrogen (secondary N) is 1. The first-order valence-electron chi connectivity index (χ1n) is 7.82. The Labute approximate surface area is 117 Å². The van der Waals surface area contributed by atoms with Gasteiger partial charge in [-0.1, -0.05) is 38.5 Å². The molecule has 2 heteroatoms. The number of benzene rings is 1. The summed E-state index contributed by atoms with van der Waals surface area (Å²) in [4.78, 5) is 0. The van der Waals surface area contributed by atoms with Crippen LogP contribution in [0.4, 0.5) is 0 Å². The maximum Gasteiger partial charge on any atom is 0.125 e. The summed E-state index contributed by atoms with van der Waals surface area (Å²) in [6.07, 6.45) is 7.19. The zero-order valence-corrected chi connectivity index (χ0v) is 12.4. The maximum atomic E-state index is 5.89. The molecule has 0 radical (unpaired) electrons. The zero-order valence-electron chi connectivity index (χ0n) is 12.4. The molecule has 1 atom stereocenters. The van der Waals surface area contributed by atoms with Gasteiger partial charge in [-0.05, 0) is 49.8 Å². The molecule has 1 aromatic rings. The second-order valence-corrected chi connectivity index (χ2v) is 5.44. The molecule has 106 valence electrons. The third kappa shape index (κ3) is 3.97. The van der Waals surface area contributed by atoms with E-state index < -0.39 is 0 Å². The molecule has 0 amide bonds. The minimum absolute atomic E-state index is 0.648. The summed E-state index contributed by atoms with van der Waals surface area (Å²) in [5.74, 6) is 1.18. The predicted octanol–water partition coefficient (Wildman–Crippen LogP) is 3.72. The topological polar surface area (TPSA) is 21.3 Å². The molecular weight excluding hydrogens is 234 g/mol. The lowest BCUT2D eigenvalue weighted by molar-refractivity contribution is 0.284. The molecule has 1 aliphatic rings. The standard InChI is InChI=1S/C17H27NO/c1-3-7-16(18-4-2)12-11-15-9-5-8-14-10-6-13-19-17(14)15/h5,8-9,16,18H,3-4,6-7,10-13H2,1-2H3. The Morgan fingerprint density at radius 2 is 2.16 bits per heavy atom. The van der Waals surface area contributed by atoms with Crippen LogP contribution in [-0.4, -0.2) is 19.2 Å². The summed E-state index contributed by atoms with van der Waals surface area (Å²) in [5, 5.41) is 3.59. The van der Waals surface area contributed by atoms with Gasteiger partial charge in [-0.2, -0.15) is 0 Å². The Morgan fingerprint density at radius 1 is 1.26 bits per heavy atom. The van der Waals surface area contributed by atoms with Gasteiger partial charge in [-0.15, -0.1) is 0 Å². The van der Waals surface area contributed by atoms with Crippen molar-refractivity contribution in [2.75, 3.05) is 13.2 Å². The normalized spacial score (nSPS) is 15.7. The summed E-state index contributed by atoms with van der Waals surface area (Å²) >= 11 is 0. The number of rotatable bonds is 7. The number of para-hydroxylation sites is 1. The Hall–Kier alpha value is -1.02. The van der Waals surface area contributed by atoms with E-state index in [4.69, 9.17) is 4.74 Å². The fourth-order valence-corrected chi connectivity index (χ4v) is 2.97. The van der Waals surface area contributed by atoms with Crippen molar-refractivity contribution < 1.29 is 4.74 Å². The quantitative estimate of drug-likeness (QED) is 0.807. The largest absolute Gasteiger partial charge is 0.493 e. The molecule has 0 saturated heterocycles. The molecule has 2 nitrogen and oxygen atoms in total. The van der Waals surface area contributed by atoms with Crippen molar-refractivity contribution in [1.82, 2.24) is 5.32 Å². The van der Waals surface area contributed by atoms with E-state index in [1.165, 1.54) is 42.6 Å². The van der Waals surface area contributed by atoms with Crippen LogP contribution in [0.1, 0.15) is 50.7 Å². The van der Waals surface area contributed by atoms with Crippen LogP contribution in [-0.2, 0) is 12.8 Å². The highest BCUT2D eigenvalue weighted by atomic mass is 16.5. The number of ether oxygens (including phenoxy) is 1. The van der Waals surface area contributed by atoms with Gasteiger partial charge in [0.1, 0.15) is 5.75 Å². The first kappa shape index (κ1) is 14.4. The zero-order chi connectivity index (χ0) is 13.5. The summed E-state index contributed by atoms with van der Waals surface area (Å²) < 4.78 is 5.89. The van der Waals surface area contributed by atoms with Crippen molar-refractivity contribution >= 4 is 0 Å². The summed E-state index contributed by atoms with van der Waals surface area (Å²) in [7, 11) is 0. The molecule has 0 aromatic heterocycles. The molecule has 0 bridgehead atoms. The molecule has 1 unspecified atom stereocenters. The van der Waals surface area contributed by atoms with Gasteiger partial charge < -0.3 is 10.1 Å². The van der Waals surface area contributed by atoms with Gasteiger partial charge >= 0.3 is 0 Å². The Morgan fingerprint density at radius 3 is 2.95 bits per heavy atom. The van der Waals surface area contributed by atoms with Crippen molar-refractivity contribution in [1.29, 1.82) is 0 Å². The van der Waals surface area contributed by atoms with Crippen LogP contribution in [0, 0.1) is 0 Å². The molecule has 0 fully saturated rings. The van der Waals surface area contributed by atoms with Crippen LogP contribution in [0.25, 0.3) is 0 Å². The molecule has 1 N–H and O–H groups in total. The average molecular weight is 261 g/mol. The summed E-state index contributed by atoms with van der Waals surface area (Å²) in [6.45, 7) is 6.40. The lowest BCUT2D eigenvalue weighted by Crippen LogP contribution is -2.29. The van der Waals surface area contributed by atoms with Crippen LogP contribution >= 0.6 is 0 Å². The minimum Gasteiger partial charge on any atom is -0.493 e. The number of hydrogen-bond donors (Lipinski definition) is 1. The van der Waals surface area contributed by atoms with E-state index in [-0.39, 0.29) is 0 Å². The van der Waals surface area contributed by atoms with E-state index in [1.54, 1.807) is 0 Å². The fraction of sp³-hybridized carbons (Fsp3) is 0.647. The Balaban J connectivity index is 1.98. The molecule has 1 heterocycles. The lowest BCUT2D eigenvalue weighted by Gasteiger charge is -2.22. The van der Waals surface area contributed by atoms with Crippen molar-refractivity contribution in [2.24, 2.45) is 0 Å². The van der Waals surface area contributed by atoms with Crippen LogP contribution in [0.15, 0.2) is 18.2 Å². The van der Waals surface area contributed by atoms with Gasteiger partial charge in [0.25, 0.3) is 0 Å². The molecule has 0 aliphatic carbocycles. The second-order valence-electron chi connectivity index (χ2n) is 5.44. The molecule has 1 aliphatic heterocycles. The van der Waals surface area contributed by atoms with Crippen molar-refractivity contribution in [2.45, 2.75) is 58.4 Å². The van der Waals surface area contributed by atoms with Gasteiger partial charge in [0, 0.05) is 6.04 Å². The SMILES string of the molecule is CCCC(CCc1cccc2c1OCCC2)NCC. The predicted molar refractivity (Wildman–Crippen MR) is 81.0 cm³/mol. The van der Waals surface area contributed by atoms with Crippen LogP contribution < -0.4 is 10.1 Å². The number of fused-ring (bicyclic) bond motifs is 1. The van der Waals surface area contributed by atoms with Crippen molar-refractivity contribution in [3.8, 4) is 5.75 Å². The van der Waals surface area contributed by atoms with Gasteiger partial charge in [0.2, 0.25) is 0 Å². The molecule has 0 saturated carbocycles. The third-order valence-corrected chi connectivity index (χ3v) is 3.91. The maximum absolute atomic E-state index is 5.89. The van der Waals surface area contributed by atoms with E-state index in [9.17, 15) is 0 Å². The lowest BCUT2D eigenvalue weighted by atomic mass is 9.97. The molecule has 19 heavy (non-hydrogen) atoms. The Bertz CT molecular complexity index is 383. The smallest absolute Gasteiger partial charge is 0.125 e. The van der Waals surface area contributed by atoms with Crippen molar-refractivity contribution in [3.05, 3.63) is 29.3 Å². The van der Waals surface area contributed by atoms with Gasteiger partial charge in [-0.3, -0.25) is 0 Å². The minimum atomic E-state index is 0.648.